The van der Waals surface area contributed by atoms with Gasteiger partial charge in [0.05, 0.1) is 0 Å². The summed E-state index contributed by atoms with van der Waals surface area (Å²) < 4.78 is 32.4. The Morgan fingerprint density at radius 1 is 1.41 bits per heavy atom. The summed E-state index contributed by atoms with van der Waals surface area (Å²) in [7, 11) is 0. The van der Waals surface area contributed by atoms with E-state index >= 15 is 0 Å². The molecule has 0 radical (unpaired) electrons. The van der Waals surface area contributed by atoms with E-state index in [1.807, 2.05) is 0 Å². The van der Waals surface area contributed by atoms with Crippen molar-refractivity contribution >= 4 is 6.09 Å². The molecule has 0 bridgehead atoms. The first kappa shape index (κ1) is 16.7. The van der Waals surface area contributed by atoms with Crippen LogP contribution < -0.4 is 5.73 Å². The van der Waals surface area contributed by atoms with Crippen molar-refractivity contribution in [3.8, 4) is 0 Å². The maximum absolute atomic E-state index is 13.8. The zero-order chi connectivity index (χ0) is 16.5. The number of likely N-dealkylation sites (tertiary alicyclic amines) is 1. The third kappa shape index (κ3) is 3.94. The van der Waals surface area contributed by atoms with Crippen molar-refractivity contribution in [2.75, 3.05) is 13.1 Å². The first-order chi connectivity index (χ1) is 10.2. The van der Waals surface area contributed by atoms with Gasteiger partial charge in [-0.1, -0.05) is 0 Å². The Hall–Kier alpha value is -1.69. The molecule has 0 aliphatic carbocycles. The number of rotatable bonds is 2. The summed E-state index contributed by atoms with van der Waals surface area (Å²) in [6, 6.07) is 2.61. The molecule has 1 aromatic rings. The van der Waals surface area contributed by atoms with Gasteiger partial charge in [-0.3, -0.25) is 0 Å². The van der Waals surface area contributed by atoms with Crippen LogP contribution in [0, 0.1) is 17.6 Å². The quantitative estimate of drug-likeness (QED) is 0.912. The van der Waals surface area contributed by atoms with Crippen molar-refractivity contribution in [1.29, 1.82) is 0 Å². The van der Waals surface area contributed by atoms with E-state index in [0.717, 1.165) is 18.2 Å². The SMILES string of the molecule is CC(C)(C)OC(=O)N1CCC(C(N)c2cc(F)ccc2F)C1. The minimum absolute atomic E-state index is 0.121. The average molecular weight is 312 g/mol. The van der Waals surface area contributed by atoms with E-state index in [1.54, 1.807) is 25.7 Å². The number of hydrogen-bond acceptors (Lipinski definition) is 3. The van der Waals surface area contributed by atoms with Crippen LogP contribution in [0.4, 0.5) is 13.6 Å². The fourth-order valence-corrected chi connectivity index (χ4v) is 2.60. The van der Waals surface area contributed by atoms with Crippen LogP contribution >= 0.6 is 0 Å². The molecule has 2 unspecified atom stereocenters. The monoisotopic (exact) mass is 312 g/mol. The number of carbonyl (C=O) groups excluding carboxylic acids is 1. The summed E-state index contributed by atoms with van der Waals surface area (Å²) in [5.41, 5.74) is 5.66. The first-order valence-electron chi connectivity index (χ1n) is 7.36. The molecule has 1 heterocycles. The minimum atomic E-state index is -0.650. The molecule has 2 N–H and O–H groups in total. The first-order valence-corrected chi connectivity index (χ1v) is 7.36. The van der Waals surface area contributed by atoms with Crippen molar-refractivity contribution in [1.82, 2.24) is 4.90 Å². The number of carbonyl (C=O) groups is 1. The molecule has 1 aliphatic heterocycles. The molecule has 4 nitrogen and oxygen atoms in total. The molecule has 0 aromatic heterocycles. The normalized spacial score (nSPS) is 20.1. The van der Waals surface area contributed by atoms with Crippen LogP contribution in [0.5, 0.6) is 0 Å². The van der Waals surface area contributed by atoms with Crippen LogP contribution in [0.15, 0.2) is 18.2 Å². The number of hydrogen-bond donors (Lipinski definition) is 1. The highest BCUT2D eigenvalue weighted by Crippen LogP contribution is 2.30. The van der Waals surface area contributed by atoms with Crippen LogP contribution in [0.2, 0.25) is 0 Å². The lowest BCUT2D eigenvalue weighted by molar-refractivity contribution is 0.0286. The Morgan fingerprint density at radius 2 is 2.09 bits per heavy atom. The number of nitrogens with zero attached hydrogens (tertiary/aromatic N) is 1. The molecule has 1 fully saturated rings. The molecule has 0 saturated carbocycles. The summed E-state index contributed by atoms with van der Waals surface area (Å²) in [6.45, 7) is 6.28. The van der Waals surface area contributed by atoms with E-state index in [4.69, 9.17) is 10.5 Å². The van der Waals surface area contributed by atoms with E-state index in [9.17, 15) is 13.6 Å². The van der Waals surface area contributed by atoms with Crippen LogP contribution in [0.25, 0.3) is 0 Å². The number of nitrogens with two attached hydrogens (primary N) is 1. The summed E-state index contributed by atoms with van der Waals surface area (Å²) in [5, 5.41) is 0. The largest absolute Gasteiger partial charge is 0.444 e. The van der Waals surface area contributed by atoms with Gasteiger partial charge in [-0.25, -0.2) is 13.6 Å². The van der Waals surface area contributed by atoms with Crippen LogP contribution in [0.1, 0.15) is 38.8 Å². The van der Waals surface area contributed by atoms with E-state index in [-0.39, 0.29) is 11.5 Å². The molecule has 2 rings (SSSR count). The second kappa shape index (κ2) is 6.20. The zero-order valence-electron chi connectivity index (χ0n) is 13.1. The van der Waals surface area contributed by atoms with Gasteiger partial charge in [0.15, 0.2) is 0 Å². The van der Waals surface area contributed by atoms with Gasteiger partial charge < -0.3 is 15.4 Å². The Labute approximate surface area is 129 Å². The summed E-state index contributed by atoms with van der Waals surface area (Å²) >= 11 is 0. The molecule has 122 valence electrons. The molecular formula is C16H22F2N2O2. The molecule has 1 amide bonds. The highest BCUT2D eigenvalue weighted by atomic mass is 19.1. The maximum atomic E-state index is 13.8. The van der Waals surface area contributed by atoms with Crippen LogP contribution in [-0.4, -0.2) is 29.7 Å². The number of halogens is 2. The standard InChI is InChI=1S/C16H22F2N2O2/c1-16(2,3)22-15(21)20-7-6-10(9-20)14(19)12-8-11(17)4-5-13(12)18/h4-5,8,10,14H,6-7,9,19H2,1-3H3. The van der Waals surface area contributed by atoms with Crippen molar-refractivity contribution in [2.45, 2.75) is 38.8 Å². The highest BCUT2D eigenvalue weighted by Gasteiger charge is 2.34. The lowest BCUT2D eigenvalue weighted by Crippen LogP contribution is -2.36. The third-order valence-electron chi connectivity index (χ3n) is 3.70. The second-order valence-corrected chi connectivity index (χ2v) is 6.67. The second-order valence-electron chi connectivity index (χ2n) is 6.67. The summed E-state index contributed by atoms with van der Waals surface area (Å²) in [4.78, 5) is 13.6. The fraction of sp³-hybridized carbons (Fsp3) is 0.562. The van der Waals surface area contributed by atoms with Gasteiger partial charge in [0.25, 0.3) is 0 Å². The molecule has 2 atom stereocenters. The fourth-order valence-electron chi connectivity index (χ4n) is 2.60. The number of ether oxygens (including phenoxy) is 1. The van der Waals surface area contributed by atoms with Crippen molar-refractivity contribution in [3.05, 3.63) is 35.4 Å². The van der Waals surface area contributed by atoms with Crippen molar-refractivity contribution in [3.63, 3.8) is 0 Å². The van der Waals surface area contributed by atoms with Gasteiger partial charge in [0, 0.05) is 24.7 Å². The van der Waals surface area contributed by atoms with E-state index in [2.05, 4.69) is 0 Å². The average Bonchev–Trinajstić information content (AvgIpc) is 2.88. The lowest BCUT2D eigenvalue weighted by atomic mass is 9.93. The van der Waals surface area contributed by atoms with E-state index < -0.39 is 29.4 Å². The predicted octanol–water partition coefficient (Wildman–Crippen LogP) is 3.22. The Bertz CT molecular complexity index is 558. The number of benzene rings is 1. The van der Waals surface area contributed by atoms with Gasteiger partial charge >= 0.3 is 6.09 Å². The molecular weight excluding hydrogens is 290 g/mol. The van der Waals surface area contributed by atoms with Gasteiger partial charge in [-0.05, 0) is 51.3 Å². The van der Waals surface area contributed by atoms with Crippen LogP contribution in [-0.2, 0) is 4.74 Å². The van der Waals surface area contributed by atoms with Gasteiger partial charge in [0.2, 0.25) is 0 Å². The van der Waals surface area contributed by atoms with E-state index in [1.165, 1.54) is 0 Å². The van der Waals surface area contributed by atoms with Gasteiger partial charge in [0.1, 0.15) is 17.2 Å². The summed E-state index contributed by atoms with van der Waals surface area (Å²) in [6.07, 6.45) is 0.234. The lowest BCUT2D eigenvalue weighted by Gasteiger charge is -2.25. The Morgan fingerprint density at radius 3 is 2.73 bits per heavy atom. The molecule has 22 heavy (non-hydrogen) atoms. The third-order valence-corrected chi connectivity index (χ3v) is 3.70. The van der Waals surface area contributed by atoms with E-state index in [0.29, 0.717) is 19.5 Å². The molecule has 1 aliphatic rings. The topological polar surface area (TPSA) is 55.6 Å². The molecule has 0 spiro atoms. The summed E-state index contributed by atoms with van der Waals surface area (Å²) in [5.74, 6) is -1.16. The smallest absolute Gasteiger partial charge is 0.410 e. The van der Waals surface area contributed by atoms with Crippen molar-refractivity contribution < 1.29 is 18.3 Å². The van der Waals surface area contributed by atoms with Crippen molar-refractivity contribution in [2.24, 2.45) is 11.7 Å². The minimum Gasteiger partial charge on any atom is -0.444 e. The highest BCUT2D eigenvalue weighted by molar-refractivity contribution is 5.68. The van der Waals surface area contributed by atoms with Crippen LogP contribution in [0.3, 0.4) is 0 Å². The van der Waals surface area contributed by atoms with Gasteiger partial charge in [-0.15, -0.1) is 0 Å². The number of amides is 1. The van der Waals surface area contributed by atoms with Gasteiger partial charge in [-0.2, -0.15) is 0 Å². The maximum Gasteiger partial charge on any atom is 0.410 e. The predicted molar refractivity (Wildman–Crippen MR) is 79.2 cm³/mol. The Kier molecular flexibility index (Phi) is 4.70. The molecule has 1 aromatic carbocycles. The molecule has 6 heteroatoms. The zero-order valence-corrected chi connectivity index (χ0v) is 13.1. The molecule has 1 saturated heterocycles. The Balaban J connectivity index is 2.03.